The molecule has 6 heteroatoms. The van der Waals surface area contributed by atoms with E-state index in [0.29, 0.717) is 12.4 Å². The van der Waals surface area contributed by atoms with Crippen LogP contribution in [-0.4, -0.2) is 21.3 Å². The molecular weight excluding hydrogens is 247 g/mol. The second kappa shape index (κ2) is 6.29. The Labute approximate surface area is 111 Å². The molecule has 0 aliphatic rings. The smallest absolute Gasteiger partial charge is 0.170 e. The van der Waals surface area contributed by atoms with E-state index in [2.05, 4.69) is 15.5 Å². The summed E-state index contributed by atoms with van der Waals surface area (Å²) in [5.41, 5.74) is 0.894. The van der Waals surface area contributed by atoms with Gasteiger partial charge in [0.25, 0.3) is 0 Å². The zero-order chi connectivity index (χ0) is 13.7. The summed E-state index contributed by atoms with van der Waals surface area (Å²) in [5, 5.41) is 10.8. The monoisotopic (exact) mass is 264 g/mol. The molecule has 1 heterocycles. The van der Waals surface area contributed by atoms with E-state index in [-0.39, 0.29) is 18.2 Å². The number of aryl methyl sites for hydroxylation is 1. The molecular formula is C13H17FN4O. The lowest BCUT2D eigenvalue weighted by molar-refractivity contribution is 0.276. The molecule has 1 N–H and O–H groups in total. The lowest BCUT2D eigenvalue weighted by Crippen LogP contribution is -2.12. The molecule has 0 aliphatic carbocycles. The number of aromatic nitrogens is 3. The van der Waals surface area contributed by atoms with E-state index in [0.717, 1.165) is 12.1 Å². The van der Waals surface area contributed by atoms with Gasteiger partial charge in [-0.05, 0) is 24.2 Å². The number of halogens is 1. The Hall–Kier alpha value is -1.95. The molecule has 1 aromatic heterocycles. The van der Waals surface area contributed by atoms with Gasteiger partial charge in [0.05, 0.1) is 0 Å². The Morgan fingerprint density at radius 3 is 2.89 bits per heavy atom. The van der Waals surface area contributed by atoms with Crippen LogP contribution in [0, 0.1) is 5.82 Å². The maximum Gasteiger partial charge on any atom is 0.170 e. The molecule has 0 atom stereocenters. The number of rotatable bonds is 6. The van der Waals surface area contributed by atoms with Gasteiger partial charge in [-0.2, -0.15) is 0 Å². The lowest BCUT2D eigenvalue weighted by atomic mass is 10.2. The molecule has 0 aliphatic heterocycles. The van der Waals surface area contributed by atoms with Gasteiger partial charge < -0.3 is 14.6 Å². The molecule has 102 valence electrons. The van der Waals surface area contributed by atoms with Crippen LogP contribution in [0.2, 0.25) is 0 Å². The number of benzene rings is 1. The van der Waals surface area contributed by atoms with Gasteiger partial charge in [-0.1, -0.05) is 13.0 Å². The van der Waals surface area contributed by atoms with Crippen LogP contribution >= 0.6 is 0 Å². The van der Waals surface area contributed by atoms with Gasteiger partial charge in [0, 0.05) is 13.6 Å². The number of hydrogen-bond donors (Lipinski definition) is 1. The van der Waals surface area contributed by atoms with Gasteiger partial charge in [-0.3, -0.25) is 0 Å². The summed E-state index contributed by atoms with van der Waals surface area (Å²) in [6, 6.07) is 4.96. The van der Waals surface area contributed by atoms with Crippen molar-refractivity contribution in [3.05, 3.63) is 41.7 Å². The maximum atomic E-state index is 13.8. The summed E-state index contributed by atoms with van der Waals surface area (Å²) < 4.78 is 20.9. The predicted molar refractivity (Wildman–Crippen MR) is 69.1 cm³/mol. The van der Waals surface area contributed by atoms with Crippen molar-refractivity contribution in [3.8, 4) is 5.75 Å². The quantitative estimate of drug-likeness (QED) is 0.862. The molecule has 0 spiro atoms. The van der Waals surface area contributed by atoms with Crippen LogP contribution in [-0.2, 0) is 20.2 Å². The van der Waals surface area contributed by atoms with Crippen LogP contribution in [0.3, 0.4) is 0 Å². The van der Waals surface area contributed by atoms with Crippen molar-refractivity contribution >= 4 is 0 Å². The highest BCUT2D eigenvalue weighted by Gasteiger charge is 2.07. The third-order valence-electron chi connectivity index (χ3n) is 2.74. The molecule has 0 amide bonds. The van der Waals surface area contributed by atoms with E-state index in [9.17, 15) is 4.39 Å². The van der Waals surface area contributed by atoms with Crippen molar-refractivity contribution in [2.75, 3.05) is 6.54 Å². The molecule has 1 aromatic carbocycles. The minimum absolute atomic E-state index is 0.194. The van der Waals surface area contributed by atoms with E-state index in [4.69, 9.17) is 4.74 Å². The van der Waals surface area contributed by atoms with Crippen molar-refractivity contribution in [1.29, 1.82) is 0 Å². The number of nitrogens with zero attached hydrogens (tertiary/aromatic N) is 3. The van der Waals surface area contributed by atoms with Crippen molar-refractivity contribution in [1.82, 2.24) is 20.1 Å². The van der Waals surface area contributed by atoms with Crippen molar-refractivity contribution in [2.24, 2.45) is 7.05 Å². The molecule has 0 saturated carbocycles. The zero-order valence-corrected chi connectivity index (χ0v) is 11.1. The zero-order valence-electron chi connectivity index (χ0n) is 11.1. The normalized spacial score (nSPS) is 10.7. The number of ether oxygens (including phenoxy) is 1. The average Bonchev–Trinajstić information content (AvgIpc) is 2.81. The molecule has 0 bridgehead atoms. The number of nitrogens with one attached hydrogen (secondary N) is 1. The van der Waals surface area contributed by atoms with Gasteiger partial charge in [0.1, 0.15) is 12.9 Å². The summed E-state index contributed by atoms with van der Waals surface area (Å²) >= 11 is 0. The van der Waals surface area contributed by atoms with Crippen molar-refractivity contribution in [2.45, 2.75) is 20.1 Å². The summed E-state index contributed by atoms with van der Waals surface area (Å²) in [6.45, 7) is 3.71. The fraction of sp³-hybridized carbons (Fsp3) is 0.385. The first-order valence-corrected chi connectivity index (χ1v) is 6.15. The summed E-state index contributed by atoms with van der Waals surface area (Å²) in [7, 11) is 1.81. The molecule has 5 nitrogen and oxygen atoms in total. The highest BCUT2D eigenvalue weighted by atomic mass is 19.1. The van der Waals surface area contributed by atoms with Crippen LogP contribution in [0.5, 0.6) is 5.75 Å². The summed E-state index contributed by atoms with van der Waals surface area (Å²) in [4.78, 5) is 0. The highest BCUT2D eigenvalue weighted by molar-refractivity contribution is 5.29. The molecule has 0 unspecified atom stereocenters. The molecule has 19 heavy (non-hydrogen) atoms. The van der Waals surface area contributed by atoms with E-state index in [1.807, 2.05) is 20.0 Å². The minimum Gasteiger partial charge on any atom is -0.483 e. The van der Waals surface area contributed by atoms with E-state index >= 15 is 0 Å². The Morgan fingerprint density at radius 1 is 1.42 bits per heavy atom. The van der Waals surface area contributed by atoms with Crippen LogP contribution in [0.4, 0.5) is 4.39 Å². The van der Waals surface area contributed by atoms with Crippen LogP contribution in [0.15, 0.2) is 24.5 Å². The fourth-order valence-corrected chi connectivity index (χ4v) is 1.62. The minimum atomic E-state index is -0.363. The predicted octanol–water partition coefficient (Wildman–Crippen LogP) is 1.64. The summed E-state index contributed by atoms with van der Waals surface area (Å²) in [6.07, 6.45) is 1.58. The van der Waals surface area contributed by atoms with Crippen LogP contribution in [0.1, 0.15) is 18.3 Å². The number of hydrogen-bond acceptors (Lipinski definition) is 4. The standard InChI is InChI=1S/C13H17FN4O/c1-3-15-7-10-4-5-12(11(14)6-10)19-8-13-17-16-9-18(13)2/h4-6,9,15H,3,7-8H2,1-2H3. The topological polar surface area (TPSA) is 52.0 Å². The third-order valence-corrected chi connectivity index (χ3v) is 2.74. The van der Waals surface area contributed by atoms with E-state index in [1.54, 1.807) is 17.0 Å². The Kier molecular flexibility index (Phi) is 4.46. The van der Waals surface area contributed by atoms with Gasteiger partial charge in [0.15, 0.2) is 17.4 Å². The molecule has 0 fully saturated rings. The SMILES string of the molecule is CCNCc1ccc(OCc2nncn2C)c(F)c1. The second-order valence-corrected chi connectivity index (χ2v) is 4.19. The van der Waals surface area contributed by atoms with Crippen molar-refractivity contribution < 1.29 is 9.13 Å². The third kappa shape index (κ3) is 3.51. The average molecular weight is 264 g/mol. The fourth-order valence-electron chi connectivity index (χ4n) is 1.62. The summed E-state index contributed by atoms with van der Waals surface area (Å²) in [5.74, 6) is 0.511. The Balaban J connectivity index is 1.99. The van der Waals surface area contributed by atoms with Gasteiger partial charge in [0.2, 0.25) is 0 Å². The van der Waals surface area contributed by atoms with E-state index in [1.165, 1.54) is 6.07 Å². The Morgan fingerprint density at radius 2 is 2.26 bits per heavy atom. The van der Waals surface area contributed by atoms with Crippen LogP contribution in [0.25, 0.3) is 0 Å². The molecule has 0 radical (unpaired) electrons. The second-order valence-electron chi connectivity index (χ2n) is 4.19. The molecule has 0 saturated heterocycles. The van der Waals surface area contributed by atoms with Gasteiger partial charge >= 0.3 is 0 Å². The molecule has 2 rings (SSSR count). The Bertz CT molecular complexity index is 541. The largest absolute Gasteiger partial charge is 0.483 e. The van der Waals surface area contributed by atoms with E-state index < -0.39 is 0 Å². The first kappa shape index (κ1) is 13.5. The van der Waals surface area contributed by atoms with Crippen LogP contribution < -0.4 is 10.1 Å². The first-order valence-electron chi connectivity index (χ1n) is 6.15. The molecule has 2 aromatic rings. The van der Waals surface area contributed by atoms with Gasteiger partial charge in [-0.25, -0.2) is 4.39 Å². The van der Waals surface area contributed by atoms with Gasteiger partial charge in [-0.15, -0.1) is 10.2 Å². The lowest BCUT2D eigenvalue weighted by Gasteiger charge is -2.08. The maximum absolute atomic E-state index is 13.8. The first-order chi connectivity index (χ1) is 9.20. The highest BCUT2D eigenvalue weighted by Crippen LogP contribution is 2.19. The van der Waals surface area contributed by atoms with Crippen molar-refractivity contribution in [3.63, 3.8) is 0 Å².